The predicted molar refractivity (Wildman–Crippen MR) is 80.5 cm³/mol. The predicted octanol–water partition coefficient (Wildman–Crippen LogP) is 2.83. The van der Waals surface area contributed by atoms with Gasteiger partial charge in [0.1, 0.15) is 11.5 Å². The van der Waals surface area contributed by atoms with Gasteiger partial charge in [0.15, 0.2) is 0 Å². The lowest BCUT2D eigenvalue weighted by Crippen LogP contribution is -2.14. The van der Waals surface area contributed by atoms with E-state index in [4.69, 9.17) is 5.73 Å². The number of nitrogens with two attached hydrogens (primary N) is 1. The van der Waals surface area contributed by atoms with Crippen molar-refractivity contribution in [3.63, 3.8) is 0 Å². The Labute approximate surface area is 119 Å². The zero-order valence-electron chi connectivity index (χ0n) is 9.77. The molecule has 0 spiro atoms. The number of nitrogens with zero attached hydrogens (tertiary/aromatic N) is 1. The summed E-state index contributed by atoms with van der Waals surface area (Å²) in [7, 11) is 0. The average molecular weight is 353 g/mol. The maximum absolute atomic E-state index is 11.9. The molecule has 1 aromatic heterocycles. The van der Waals surface area contributed by atoms with E-state index in [9.17, 15) is 4.79 Å². The number of pyridine rings is 1. The van der Waals surface area contributed by atoms with Gasteiger partial charge in [-0.3, -0.25) is 4.79 Å². The Bertz CT molecular complexity index is 599. The Kier molecular flexibility index (Phi) is 3.81. The van der Waals surface area contributed by atoms with Gasteiger partial charge in [0.05, 0.1) is 0 Å². The summed E-state index contributed by atoms with van der Waals surface area (Å²) in [4.78, 5) is 15.9. The summed E-state index contributed by atoms with van der Waals surface area (Å²) in [6.07, 6.45) is 0. The molecule has 0 bridgehead atoms. The molecule has 3 N–H and O–H groups in total. The molecule has 0 aliphatic heterocycles. The van der Waals surface area contributed by atoms with E-state index in [-0.39, 0.29) is 5.91 Å². The molecule has 5 heteroatoms. The van der Waals surface area contributed by atoms with Crippen LogP contribution in [0.2, 0.25) is 0 Å². The van der Waals surface area contributed by atoms with Gasteiger partial charge in [0.2, 0.25) is 0 Å². The fraction of sp³-hybridized carbons (Fsp3) is 0.0769. The van der Waals surface area contributed by atoms with Crippen molar-refractivity contribution in [1.82, 2.24) is 4.98 Å². The molecule has 1 heterocycles. The number of halogens is 1. The van der Waals surface area contributed by atoms with Gasteiger partial charge < -0.3 is 11.1 Å². The first-order valence-electron chi connectivity index (χ1n) is 5.36. The van der Waals surface area contributed by atoms with Gasteiger partial charge in [-0.15, -0.1) is 0 Å². The molecule has 0 atom stereocenters. The van der Waals surface area contributed by atoms with Crippen molar-refractivity contribution in [2.45, 2.75) is 6.92 Å². The number of aromatic nitrogens is 1. The third kappa shape index (κ3) is 2.98. The SMILES string of the molecule is Cc1ccc(NC(=O)c2cccc(N)n2)cc1I. The first kappa shape index (κ1) is 12.8. The number of rotatable bonds is 2. The summed E-state index contributed by atoms with van der Waals surface area (Å²) in [6, 6.07) is 10.7. The molecular weight excluding hydrogens is 341 g/mol. The Morgan fingerprint density at radius 1 is 1.33 bits per heavy atom. The molecule has 4 nitrogen and oxygen atoms in total. The molecule has 0 saturated heterocycles. The van der Waals surface area contributed by atoms with E-state index < -0.39 is 0 Å². The van der Waals surface area contributed by atoms with Crippen molar-refractivity contribution in [3.8, 4) is 0 Å². The van der Waals surface area contributed by atoms with E-state index >= 15 is 0 Å². The summed E-state index contributed by atoms with van der Waals surface area (Å²) in [5, 5.41) is 2.79. The summed E-state index contributed by atoms with van der Waals surface area (Å²) < 4.78 is 1.10. The highest BCUT2D eigenvalue weighted by Crippen LogP contribution is 2.17. The lowest BCUT2D eigenvalue weighted by molar-refractivity contribution is 0.102. The maximum Gasteiger partial charge on any atom is 0.274 e. The number of amides is 1. The number of anilines is 2. The molecule has 0 radical (unpaired) electrons. The number of hydrogen-bond donors (Lipinski definition) is 2. The van der Waals surface area contributed by atoms with E-state index in [1.807, 2.05) is 25.1 Å². The standard InChI is InChI=1S/C13H12IN3O/c1-8-5-6-9(7-10(8)14)16-13(18)11-3-2-4-12(15)17-11/h2-7H,1H3,(H2,15,17)(H,16,18). The van der Waals surface area contributed by atoms with Crippen molar-refractivity contribution in [1.29, 1.82) is 0 Å². The molecule has 2 aromatic rings. The van der Waals surface area contributed by atoms with Gasteiger partial charge in [-0.2, -0.15) is 0 Å². The quantitative estimate of drug-likeness (QED) is 0.816. The summed E-state index contributed by atoms with van der Waals surface area (Å²) in [5.74, 6) is 0.0723. The number of benzene rings is 1. The lowest BCUT2D eigenvalue weighted by atomic mass is 10.2. The Hall–Kier alpha value is -1.63. The number of aryl methyl sites for hydroxylation is 1. The van der Waals surface area contributed by atoms with Crippen molar-refractivity contribution in [2.24, 2.45) is 0 Å². The van der Waals surface area contributed by atoms with Crippen LogP contribution in [0.25, 0.3) is 0 Å². The number of carbonyl (C=O) groups excluding carboxylic acids is 1. The topological polar surface area (TPSA) is 68.0 Å². The van der Waals surface area contributed by atoms with Crippen LogP contribution >= 0.6 is 22.6 Å². The van der Waals surface area contributed by atoms with Crippen molar-refractivity contribution < 1.29 is 4.79 Å². The first-order chi connectivity index (χ1) is 8.56. The molecule has 0 unspecified atom stereocenters. The zero-order valence-corrected chi connectivity index (χ0v) is 11.9. The van der Waals surface area contributed by atoms with Gasteiger partial charge in [0.25, 0.3) is 5.91 Å². The monoisotopic (exact) mass is 353 g/mol. The molecule has 1 amide bonds. The normalized spacial score (nSPS) is 10.1. The number of nitrogens with one attached hydrogen (secondary N) is 1. The highest BCUT2D eigenvalue weighted by atomic mass is 127. The van der Waals surface area contributed by atoms with E-state index in [1.165, 1.54) is 5.56 Å². The van der Waals surface area contributed by atoms with Crippen LogP contribution in [0.5, 0.6) is 0 Å². The molecule has 1 aromatic carbocycles. The Morgan fingerprint density at radius 3 is 2.78 bits per heavy atom. The fourth-order valence-corrected chi connectivity index (χ4v) is 1.96. The second kappa shape index (κ2) is 5.34. The second-order valence-electron chi connectivity index (χ2n) is 3.87. The summed E-state index contributed by atoms with van der Waals surface area (Å²) in [6.45, 7) is 2.02. The minimum Gasteiger partial charge on any atom is -0.384 e. The smallest absolute Gasteiger partial charge is 0.274 e. The molecular formula is C13H12IN3O. The van der Waals surface area contributed by atoms with Gasteiger partial charge in [-0.1, -0.05) is 12.1 Å². The first-order valence-corrected chi connectivity index (χ1v) is 6.44. The van der Waals surface area contributed by atoms with Crippen LogP contribution in [0.15, 0.2) is 36.4 Å². The Balaban J connectivity index is 2.18. The van der Waals surface area contributed by atoms with Crippen molar-refractivity contribution >= 4 is 40.0 Å². The van der Waals surface area contributed by atoms with Crippen LogP contribution in [0, 0.1) is 10.5 Å². The maximum atomic E-state index is 11.9. The minimum atomic E-state index is -0.262. The van der Waals surface area contributed by atoms with Crippen molar-refractivity contribution in [3.05, 3.63) is 51.2 Å². The largest absolute Gasteiger partial charge is 0.384 e. The third-order valence-corrected chi connectivity index (χ3v) is 3.60. The Morgan fingerprint density at radius 2 is 2.11 bits per heavy atom. The van der Waals surface area contributed by atoms with E-state index in [0.717, 1.165) is 9.26 Å². The van der Waals surface area contributed by atoms with Crippen LogP contribution < -0.4 is 11.1 Å². The molecule has 92 valence electrons. The summed E-state index contributed by atoms with van der Waals surface area (Å²) in [5.41, 5.74) is 7.78. The van der Waals surface area contributed by atoms with Crippen LogP contribution in [0.4, 0.5) is 11.5 Å². The molecule has 0 aliphatic rings. The highest BCUT2D eigenvalue weighted by molar-refractivity contribution is 14.1. The van der Waals surface area contributed by atoms with Crippen LogP contribution in [0.1, 0.15) is 16.1 Å². The molecule has 0 aliphatic carbocycles. The third-order valence-electron chi connectivity index (χ3n) is 2.43. The van der Waals surface area contributed by atoms with Gasteiger partial charge in [-0.05, 0) is 59.3 Å². The molecule has 0 saturated carbocycles. The number of hydrogen-bond acceptors (Lipinski definition) is 3. The van der Waals surface area contributed by atoms with E-state index in [1.54, 1.807) is 18.2 Å². The molecule has 2 rings (SSSR count). The van der Waals surface area contributed by atoms with Crippen molar-refractivity contribution in [2.75, 3.05) is 11.1 Å². The second-order valence-corrected chi connectivity index (χ2v) is 5.03. The number of nitrogen functional groups attached to an aromatic ring is 1. The fourth-order valence-electron chi connectivity index (χ4n) is 1.44. The molecule has 18 heavy (non-hydrogen) atoms. The lowest BCUT2D eigenvalue weighted by Gasteiger charge is -2.06. The minimum absolute atomic E-state index is 0.262. The number of carbonyl (C=O) groups is 1. The van der Waals surface area contributed by atoms with Gasteiger partial charge in [0, 0.05) is 9.26 Å². The van der Waals surface area contributed by atoms with Crippen LogP contribution in [0.3, 0.4) is 0 Å². The van der Waals surface area contributed by atoms with Crippen LogP contribution in [-0.2, 0) is 0 Å². The van der Waals surface area contributed by atoms with Gasteiger partial charge in [-0.25, -0.2) is 4.98 Å². The molecule has 0 fully saturated rings. The van der Waals surface area contributed by atoms with Crippen LogP contribution in [-0.4, -0.2) is 10.9 Å². The van der Waals surface area contributed by atoms with E-state index in [2.05, 4.69) is 32.9 Å². The highest BCUT2D eigenvalue weighted by Gasteiger charge is 2.08. The average Bonchev–Trinajstić information content (AvgIpc) is 2.34. The van der Waals surface area contributed by atoms with E-state index in [0.29, 0.717) is 11.5 Å². The van der Waals surface area contributed by atoms with Gasteiger partial charge >= 0.3 is 0 Å². The summed E-state index contributed by atoms with van der Waals surface area (Å²) >= 11 is 2.23. The zero-order chi connectivity index (χ0) is 13.1.